The van der Waals surface area contributed by atoms with Crippen molar-refractivity contribution in [3.63, 3.8) is 0 Å². The van der Waals surface area contributed by atoms with Crippen LogP contribution in [0.25, 0.3) is 0 Å². The molecule has 0 aliphatic carbocycles. The Bertz CT molecular complexity index is 1530. The largest absolute Gasteiger partial charge is 0.440 e. The number of para-hydroxylation sites is 1. The van der Waals surface area contributed by atoms with Crippen molar-refractivity contribution in [2.24, 2.45) is 0 Å². The lowest BCUT2D eigenvalue weighted by atomic mass is 10.2. The van der Waals surface area contributed by atoms with Crippen molar-refractivity contribution < 1.29 is 40.8 Å². The van der Waals surface area contributed by atoms with Crippen LogP contribution in [0, 0.1) is 13.8 Å². The number of aryl methyl sites for hydroxylation is 2. The summed E-state index contributed by atoms with van der Waals surface area (Å²) in [5.41, 5.74) is 2.31. The molecule has 0 fully saturated rings. The first-order valence-corrected chi connectivity index (χ1v) is 26.4. The first-order chi connectivity index (χ1) is 23.8. The Morgan fingerprint density at radius 2 is 1.08 bits per heavy atom. The molecule has 3 aromatic rings. The summed E-state index contributed by atoms with van der Waals surface area (Å²) in [5, 5.41) is 0. The van der Waals surface area contributed by atoms with Crippen LogP contribution >= 0.6 is 55.1 Å². The fourth-order valence-corrected chi connectivity index (χ4v) is 11.3. The number of hydrogen-bond acceptors (Lipinski definition) is 14. The minimum Gasteiger partial charge on any atom is -0.424 e. The van der Waals surface area contributed by atoms with E-state index in [-0.39, 0.29) is 0 Å². The molecule has 282 valence electrons. The van der Waals surface area contributed by atoms with E-state index in [1.165, 1.54) is 35.4 Å². The number of hydrogen-bond donors (Lipinski definition) is 0. The van der Waals surface area contributed by atoms with Gasteiger partial charge in [0.05, 0.1) is 19.8 Å². The first-order valence-electron chi connectivity index (χ1n) is 15.7. The predicted octanol–water partition coefficient (Wildman–Crippen LogP) is 12.4. The molecule has 0 aliphatic rings. The second-order valence-corrected chi connectivity index (χ2v) is 21.5. The van der Waals surface area contributed by atoms with E-state index < -0.39 is 20.2 Å². The second kappa shape index (κ2) is 25.5. The van der Waals surface area contributed by atoms with Gasteiger partial charge in [0.15, 0.2) is 0 Å². The Balaban J connectivity index is 0.000000376. The second-order valence-electron chi connectivity index (χ2n) is 9.64. The molecule has 17 heteroatoms. The third kappa shape index (κ3) is 18.0. The van der Waals surface area contributed by atoms with E-state index in [9.17, 15) is 4.57 Å². The van der Waals surface area contributed by atoms with Gasteiger partial charge in [0.25, 0.3) is 0 Å². The van der Waals surface area contributed by atoms with E-state index in [4.69, 9.17) is 59.8 Å². The lowest BCUT2D eigenvalue weighted by Crippen LogP contribution is -2.02. The van der Waals surface area contributed by atoms with Gasteiger partial charge in [-0.15, -0.1) is 23.5 Å². The van der Waals surface area contributed by atoms with Crippen molar-refractivity contribution >= 4 is 78.8 Å². The molecule has 1 atom stereocenters. The molecule has 0 radical (unpaired) electrons. The van der Waals surface area contributed by atoms with Crippen LogP contribution in [-0.2, 0) is 50.8 Å². The quantitative estimate of drug-likeness (QED) is 0.0847. The summed E-state index contributed by atoms with van der Waals surface area (Å²) in [6.45, 7) is 4.72. The average Bonchev–Trinajstić information content (AvgIpc) is 3.09. The van der Waals surface area contributed by atoms with Gasteiger partial charge in [-0.05, 0) is 125 Å². The zero-order valence-electron chi connectivity index (χ0n) is 30.4. The van der Waals surface area contributed by atoms with Crippen molar-refractivity contribution in [3.8, 4) is 17.2 Å². The third-order valence-electron chi connectivity index (χ3n) is 5.89. The van der Waals surface area contributed by atoms with Crippen LogP contribution in [0.2, 0.25) is 0 Å². The minimum absolute atomic E-state index is 0.390. The number of thioether (sulfide) groups is 2. The van der Waals surface area contributed by atoms with Gasteiger partial charge in [0.2, 0.25) is 0 Å². The van der Waals surface area contributed by atoms with E-state index in [1.54, 1.807) is 35.7 Å². The van der Waals surface area contributed by atoms with E-state index >= 15 is 0 Å². The SMILES string of the molecule is CCCSP(=O)(OCC)Oc1ccccc1.CCOP(=S)(OCC)Oc1ccc(SC)c(C)c1.COP(=S)(OC)Oc1ccc(SC)c(C)c1. The highest BCUT2D eigenvalue weighted by atomic mass is 32.7. The molecular formula is C33H51O9P3S5. The van der Waals surface area contributed by atoms with Gasteiger partial charge in [-0.25, -0.2) is 4.57 Å². The van der Waals surface area contributed by atoms with Crippen molar-refractivity contribution in [1.82, 2.24) is 0 Å². The van der Waals surface area contributed by atoms with Gasteiger partial charge >= 0.3 is 20.2 Å². The molecule has 3 rings (SSSR count). The Hall–Kier alpha value is -0.560. The standard InChI is InChI=1S/C12H19O3PS2.C11H17O3PS.C10H15O3PS2/c1-5-13-16(17,14-6-2)15-11-7-8-12(18-4)10(3)9-11;1-3-10-16-15(12,13-4-2)14-11-8-6-5-7-9-11;1-8-7-9(5-6-10(8)16-4)13-14(15,11-2)12-3/h7-9H,5-6H2,1-4H3;5-9H,3-4,10H2,1-2H3;5-7H,1-4H3. The first kappa shape index (κ1) is 47.5. The molecule has 0 heterocycles. The fourth-order valence-electron chi connectivity index (χ4n) is 3.69. The summed E-state index contributed by atoms with van der Waals surface area (Å²) in [6.07, 6.45) is 5.03. The van der Waals surface area contributed by atoms with Gasteiger partial charge in [-0.1, -0.05) is 25.1 Å². The summed E-state index contributed by atoms with van der Waals surface area (Å²) in [7, 11) is 2.99. The van der Waals surface area contributed by atoms with Crippen LogP contribution < -0.4 is 13.6 Å². The average molecular weight is 845 g/mol. The zero-order chi connectivity index (χ0) is 37.6. The smallest absolute Gasteiger partial charge is 0.424 e. The molecule has 50 heavy (non-hydrogen) atoms. The Kier molecular flexibility index (Phi) is 24.2. The lowest BCUT2D eigenvalue weighted by molar-refractivity contribution is 0.218. The van der Waals surface area contributed by atoms with E-state index in [1.807, 2.05) is 109 Å². The maximum atomic E-state index is 12.3. The van der Waals surface area contributed by atoms with Crippen LogP contribution in [0.3, 0.4) is 0 Å². The highest BCUT2D eigenvalue weighted by molar-refractivity contribution is 8.55. The van der Waals surface area contributed by atoms with Crippen molar-refractivity contribution in [3.05, 3.63) is 77.9 Å². The van der Waals surface area contributed by atoms with E-state index in [0.717, 1.165) is 23.3 Å². The third-order valence-corrected chi connectivity index (χ3v) is 16.5. The molecule has 0 aliphatic heterocycles. The van der Waals surface area contributed by atoms with Gasteiger partial charge in [-0.2, -0.15) is 0 Å². The Morgan fingerprint density at radius 3 is 1.46 bits per heavy atom. The molecule has 0 N–H and O–H groups in total. The predicted molar refractivity (Wildman–Crippen MR) is 222 cm³/mol. The maximum Gasteiger partial charge on any atom is 0.440 e. The summed E-state index contributed by atoms with van der Waals surface area (Å²) in [4.78, 5) is 2.44. The normalized spacial score (nSPS) is 12.4. The Labute approximate surface area is 322 Å². The molecule has 0 saturated carbocycles. The molecule has 3 aromatic carbocycles. The summed E-state index contributed by atoms with van der Waals surface area (Å²) < 4.78 is 55.2. The molecule has 0 amide bonds. The highest BCUT2D eigenvalue weighted by Gasteiger charge is 2.26. The van der Waals surface area contributed by atoms with Crippen molar-refractivity contribution in [2.75, 3.05) is 52.3 Å². The van der Waals surface area contributed by atoms with Crippen LogP contribution in [-0.4, -0.2) is 52.3 Å². The van der Waals surface area contributed by atoms with Gasteiger partial charge in [0, 0.05) is 53.4 Å². The molecule has 0 aromatic heterocycles. The Morgan fingerprint density at radius 1 is 0.620 bits per heavy atom. The van der Waals surface area contributed by atoms with Gasteiger partial charge < -0.3 is 22.6 Å². The molecule has 0 saturated heterocycles. The molecule has 1 unspecified atom stereocenters. The van der Waals surface area contributed by atoms with Crippen molar-refractivity contribution in [1.29, 1.82) is 0 Å². The van der Waals surface area contributed by atoms with Crippen LogP contribution in [0.5, 0.6) is 17.2 Å². The fraction of sp³-hybridized carbons (Fsp3) is 0.455. The number of rotatable bonds is 19. The van der Waals surface area contributed by atoms with E-state index in [2.05, 4.69) is 0 Å². The summed E-state index contributed by atoms with van der Waals surface area (Å²) in [6, 6.07) is 20.8. The summed E-state index contributed by atoms with van der Waals surface area (Å²) in [5.74, 6) is 2.74. The van der Waals surface area contributed by atoms with Gasteiger partial charge in [-0.3, -0.25) is 13.6 Å². The number of benzene rings is 3. The maximum absolute atomic E-state index is 12.3. The highest BCUT2D eigenvalue weighted by Crippen LogP contribution is 2.60. The topological polar surface area (TPSA) is 90.9 Å². The monoisotopic (exact) mass is 844 g/mol. The molecule has 9 nitrogen and oxygen atoms in total. The lowest BCUT2D eigenvalue weighted by Gasteiger charge is -2.21. The van der Waals surface area contributed by atoms with Crippen LogP contribution in [0.4, 0.5) is 0 Å². The van der Waals surface area contributed by atoms with E-state index in [0.29, 0.717) is 37.1 Å². The molecule has 0 spiro atoms. The summed E-state index contributed by atoms with van der Waals surface area (Å²) >= 11 is 15.1. The van der Waals surface area contributed by atoms with Gasteiger partial charge in [0.1, 0.15) is 17.2 Å². The van der Waals surface area contributed by atoms with Crippen LogP contribution in [0.15, 0.2) is 76.5 Å². The van der Waals surface area contributed by atoms with Crippen molar-refractivity contribution in [2.45, 2.75) is 57.8 Å². The zero-order valence-corrected chi connectivity index (χ0v) is 37.2. The molecular weight excluding hydrogens is 794 g/mol. The molecule has 0 bridgehead atoms. The minimum atomic E-state index is -3.04. The van der Waals surface area contributed by atoms with Crippen LogP contribution in [0.1, 0.15) is 45.2 Å².